The first-order valence-corrected chi connectivity index (χ1v) is 10.6. The lowest BCUT2D eigenvalue weighted by atomic mass is 10.0. The van der Waals surface area contributed by atoms with E-state index in [2.05, 4.69) is 10.2 Å². The fourth-order valence-electron chi connectivity index (χ4n) is 3.34. The number of fused-ring (bicyclic) bond motifs is 1. The van der Waals surface area contributed by atoms with E-state index in [1.165, 1.54) is 29.5 Å². The van der Waals surface area contributed by atoms with Gasteiger partial charge in [0, 0.05) is 21.9 Å². The van der Waals surface area contributed by atoms with E-state index in [0.717, 1.165) is 21.9 Å². The largest absolute Gasteiger partial charge is 0.293 e. The highest BCUT2D eigenvalue weighted by Gasteiger charge is 2.20. The zero-order chi connectivity index (χ0) is 21.3. The number of hydrogen-bond acceptors (Lipinski definition) is 4. The van der Waals surface area contributed by atoms with Gasteiger partial charge in [-0.2, -0.15) is 0 Å². The predicted molar refractivity (Wildman–Crippen MR) is 120 cm³/mol. The highest BCUT2D eigenvalue weighted by Crippen LogP contribution is 2.34. The molecule has 0 aliphatic heterocycles. The number of rotatable bonds is 5. The maximum absolute atomic E-state index is 13.3. The summed E-state index contributed by atoms with van der Waals surface area (Å²) in [7, 11) is 0. The molecule has 4 aromatic rings. The Morgan fingerprint density at radius 3 is 2.30 bits per heavy atom. The molecule has 4 rings (SSSR count). The van der Waals surface area contributed by atoms with E-state index in [9.17, 15) is 9.18 Å². The van der Waals surface area contributed by atoms with Gasteiger partial charge in [0.1, 0.15) is 16.5 Å². The molecule has 1 heterocycles. The number of halogens is 1. The second kappa shape index (κ2) is 8.36. The Morgan fingerprint density at radius 2 is 1.60 bits per heavy atom. The highest BCUT2D eigenvalue weighted by molar-refractivity contribution is 8.00. The molecule has 3 nitrogen and oxygen atoms in total. The Kier molecular flexibility index (Phi) is 5.64. The molecule has 0 saturated heterocycles. The van der Waals surface area contributed by atoms with Crippen molar-refractivity contribution in [2.24, 2.45) is 0 Å². The molecular formula is C25H21FN2OS. The average molecular weight is 417 g/mol. The van der Waals surface area contributed by atoms with E-state index >= 15 is 0 Å². The number of nitrogens with zero attached hydrogens (tertiary/aromatic N) is 2. The minimum Gasteiger partial charge on any atom is -0.293 e. The van der Waals surface area contributed by atoms with Gasteiger partial charge in [0.2, 0.25) is 0 Å². The second-order valence-electron chi connectivity index (χ2n) is 7.33. The van der Waals surface area contributed by atoms with E-state index in [4.69, 9.17) is 0 Å². The van der Waals surface area contributed by atoms with Crippen LogP contribution in [0.1, 0.15) is 28.4 Å². The van der Waals surface area contributed by atoms with Crippen molar-refractivity contribution in [2.45, 2.75) is 31.0 Å². The SMILES string of the molecule is Cc1ccc(C(=O)[C@H](C)Sc2nnc(-c3ccc(F)cc3)c3ccccc23)cc1C. The molecule has 1 atom stereocenters. The van der Waals surface area contributed by atoms with Crippen molar-refractivity contribution >= 4 is 28.3 Å². The summed E-state index contributed by atoms with van der Waals surface area (Å²) >= 11 is 1.41. The summed E-state index contributed by atoms with van der Waals surface area (Å²) in [4.78, 5) is 13.0. The summed E-state index contributed by atoms with van der Waals surface area (Å²) in [6, 6.07) is 19.9. The van der Waals surface area contributed by atoms with Crippen molar-refractivity contribution < 1.29 is 9.18 Å². The molecule has 0 saturated carbocycles. The van der Waals surface area contributed by atoms with Crippen LogP contribution in [0.4, 0.5) is 4.39 Å². The molecule has 0 fully saturated rings. The maximum Gasteiger partial charge on any atom is 0.175 e. The third-order valence-corrected chi connectivity index (χ3v) is 6.31. The quantitative estimate of drug-likeness (QED) is 0.278. The summed E-state index contributed by atoms with van der Waals surface area (Å²) < 4.78 is 13.3. The molecule has 150 valence electrons. The molecule has 0 unspecified atom stereocenters. The Balaban J connectivity index is 1.68. The van der Waals surface area contributed by atoms with Crippen molar-refractivity contribution in [3.05, 3.63) is 89.2 Å². The van der Waals surface area contributed by atoms with Crippen molar-refractivity contribution in [2.75, 3.05) is 0 Å². The van der Waals surface area contributed by atoms with Gasteiger partial charge in [-0.15, -0.1) is 10.2 Å². The highest BCUT2D eigenvalue weighted by atomic mass is 32.2. The monoisotopic (exact) mass is 416 g/mol. The zero-order valence-corrected chi connectivity index (χ0v) is 17.8. The number of benzene rings is 3. The van der Waals surface area contributed by atoms with Gasteiger partial charge >= 0.3 is 0 Å². The van der Waals surface area contributed by atoms with Crippen LogP contribution < -0.4 is 0 Å². The first kappa shape index (κ1) is 20.2. The average Bonchev–Trinajstić information content (AvgIpc) is 2.76. The number of carbonyl (C=O) groups is 1. The molecule has 0 aliphatic carbocycles. The minimum absolute atomic E-state index is 0.0663. The molecule has 0 radical (unpaired) electrons. The zero-order valence-electron chi connectivity index (χ0n) is 17.0. The van der Waals surface area contributed by atoms with Gasteiger partial charge in [0.15, 0.2) is 5.78 Å². The van der Waals surface area contributed by atoms with Crippen LogP contribution in [-0.4, -0.2) is 21.2 Å². The molecule has 1 aromatic heterocycles. The number of aromatic nitrogens is 2. The molecule has 0 aliphatic rings. The lowest BCUT2D eigenvalue weighted by Gasteiger charge is -2.13. The first-order chi connectivity index (χ1) is 14.4. The van der Waals surface area contributed by atoms with Crippen molar-refractivity contribution in [3.63, 3.8) is 0 Å². The molecule has 5 heteroatoms. The fraction of sp³-hybridized carbons (Fsp3) is 0.160. The molecule has 0 N–H and O–H groups in total. The summed E-state index contributed by atoms with van der Waals surface area (Å²) in [6.07, 6.45) is 0. The fourth-order valence-corrected chi connectivity index (χ4v) is 4.31. The number of ketones is 1. The first-order valence-electron chi connectivity index (χ1n) is 9.73. The smallest absolute Gasteiger partial charge is 0.175 e. The number of hydrogen-bond donors (Lipinski definition) is 0. The van der Waals surface area contributed by atoms with Gasteiger partial charge in [-0.3, -0.25) is 4.79 Å². The Hall–Kier alpha value is -3.05. The van der Waals surface area contributed by atoms with Gasteiger partial charge in [0.05, 0.1) is 5.25 Å². The van der Waals surface area contributed by atoms with Gasteiger partial charge < -0.3 is 0 Å². The topological polar surface area (TPSA) is 42.9 Å². The lowest BCUT2D eigenvalue weighted by Crippen LogP contribution is -2.14. The van der Waals surface area contributed by atoms with Gasteiger partial charge in [0.25, 0.3) is 0 Å². The van der Waals surface area contributed by atoms with Gasteiger partial charge in [-0.25, -0.2) is 4.39 Å². The van der Waals surface area contributed by atoms with E-state index < -0.39 is 0 Å². The van der Waals surface area contributed by atoms with Gasteiger partial charge in [-0.1, -0.05) is 48.2 Å². The van der Waals surface area contributed by atoms with Crippen LogP contribution in [0.2, 0.25) is 0 Å². The number of carbonyl (C=O) groups excluding carboxylic acids is 1. The molecule has 0 amide bonds. The summed E-state index contributed by atoms with van der Waals surface area (Å²) in [5, 5.41) is 11.1. The molecule has 0 bridgehead atoms. The Morgan fingerprint density at radius 1 is 0.900 bits per heavy atom. The van der Waals surface area contributed by atoms with Crippen LogP contribution in [-0.2, 0) is 0 Å². The molecule has 30 heavy (non-hydrogen) atoms. The van der Waals surface area contributed by atoms with Crippen LogP contribution in [0.5, 0.6) is 0 Å². The minimum atomic E-state index is -0.304. The van der Waals surface area contributed by atoms with E-state index in [1.54, 1.807) is 12.1 Å². The third kappa shape index (κ3) is 3.98. The van der Waals surface area contributed by atoms with Crippen molar-refractivity contribution in [3.8, 4) is 11.3 Å². The van der Waals surface area contributed by atoms with Crippen molar-refractivity contribution in [1.82, 2.24) is 10.2 Å². The Labute approximate surface area is 179 Å². The van der Waals surface area contributed by atoms with Crippen LogP contribution in [0, 0.1) is 19.7 Å². The van der Waals surface area contributed by atoms with E-state index in [0.29, 0.717) is 16.3 Å². The number of aryl methyl sites for hydroxylation is 2. The molecular weight excluding hydrogens is 395 g/mol. The maximum atomic E-state index is 13.3. The van der Waals surface area contributed by atoms with Gasteiger partial charge in [-0.05, 0) is 62.2 Å². The number of Topliss-reactive ketones (excluding diaryl/α,β-unsaturated/α-hetero) is 1. The van der Waals surface area contributed by atoms with Crippen LogP contribution in [0.25, 0.3) is 22.0 Å². The molecule has 3 aromatic carbocycles. The summed E-state index contributed by atoms with van der Waals surface area (Å²) in [5.41, 5.74) is 4.48. The summed E-state index contributed by atoms with van der Waals surface area (Å²) in [5.74, 6) is -0.224. The lowest BCUT2D eigenvalue weighted by molar-refractivity contribution is 0.0994. The Bertz CT molecular complexity index is 1240. The molecule has 0 spiro atoms. The normalized spacial score (nSPS) is 12.1. The van der Waals surface area contributed by atoms with Crippen LogP contribution >= 0.6 is 11.8 Å². The standard InChI is InChI=1S/C25H21FN2OS/c1-15-8-9-19(14-16(15)2)24(29)17(3)30-25-22-7-5-4-6-21(22)23(27-28-25)18-10-12-20(26)13-11-18/h4-14,17H,1-3H3/t17-/m0/s1. The van der Waals surface area contributed by atoms with Crippen molar-refractivity contribution in [1.29, 1.82) is 0 Å². The second-order valence-corrected chi connectivity index (χ2v) is 8.66. The van der Waals surface area contributed by atoms with Crippen LogP contribution in [0.15, 0.2) is 71.8 Å². The predicted octanol–water partition coefficient (Wildman–Crippen LogP) is 6.42. The van der Waals surface area contributed by atoms with E-state index in [1.807, 2.05) is 63.2 Å². The van der Waals surface area contributed by atoms with E-state index in [-0.39, 0.29) is 16.9 Å². The van der Waals surface area contributed by atoms with Crippen LogP contribution in [0.3, 0.4) is 0 Å². The number of thioether (sulfide) groups is 1. The summed E-state index contributed by atoms with van der Waals surface area (Å²) in [6.45, 7) is 5.94. The third-order valence-electron chi connectivity index (χ3n) is 5.22.